The van der Waals surface area contributed by atoms with Gasteiger partial charge in [0.2, 0.25) is 5.82 Å². The lowest BCUT2D eigenvalue weighted by molar-refractivity contribution is 0.0968. The third kappa shape index (κ3) is 5.41. The lowest BCUT2D eigenvalue weighted by atomic mass is 10.2. The van der Waals surface area contributed by atoms with Crippen LogP contribution in [0, 0.1) is 0 Å². The number of ether oxygens (including phenoxy) is 1. The number of allylic oxidation sites excluding steroid dienone is 4. The first kappa shape index (κ1) is 24.9. The Morgan fingerprint density at radius 3 is 2.62 bits per heavy atom. The fourth-order valence-electron chi connectivity index (χ4n) is 2.92. The molecule has 3 rings (SSSR count). The van der Waals surface area contributed by atoms with Gasteiger partial charge >= 0.3 is 0 Å². The number of tetrazole rings is 1. The molecule has 0 aliphatic heterocycles. The number of amides is 1. The van der Waals surface area contributed by atoms with E-state index in [-0.39, 0.29) is 9.77 Å². The van der Waals surface area contributed by atoms with Crippen molar-refractivity contribution < 1.29 is 17.9 Å². The minimum atomic E-state index is -4.00. The quantitative estimate of drug-likeness (QED) is 0.408. The number of aromatic amines is 1. The molecular formula is C22H24N6O4S2. The first-order chi connectivity index (χ1) is 16.3. The van der Waals surface area contributed by atoms with Crippen molar-refractivity contribution in [1.29, 1.82) is 0 Å². The SMILES string of the molecule is C=C/C(=C\C(=C/C)NC(=O)c1sccc1S(=O)(=O)N(C)c1ccc(OCC)cc1)c1nn[nH]n1. The van der Waals surface area contributed by atoms with Crippen molar-refractivity contribution >= 4 is 38.5 Å². The molecule has 0 fully saturated rings. The van der Waals surface area contributed by atoms with Crippen LogP contribution >= 0.6 is 11.3 Å². The molecule has 2 aromatic heterocycles. The van der Waals surface area contributed by atoms with Gasteiger partial charge in [-0.2, -0.15) is 5.21 Å². The molecule has 2 heterocycles. The van der Waals surface area contributed by atoms with E-state index in [9.17, 15) is 13.2 Å². The number of carbonyl (C=O) groups is 1. The summed E-state index contributed by atoms with van der Waals surface area (Å²) < 4.78 is 33.2. The molecule has 10 nitrogen and oxygen atoms in total. The number of hydrogen-bond acceptors (Lipinski definition) is 8. The number of nitrogens with zero attached hydrogens (tertiary/aromatic N) is 4. The average Bonchev–Trinajstić information content (AvgIpc) is 3.55. The monoisotopic (exact) mass is 500 g/mol. The molecule has 0 unspecified atom stereocenters. The van der Waals surface area contributed by atoms with Crippen LogP contribution in [-0.4, -0.2) is 48.6 Å². The second-order valence-electron chi connectivity index (χ2n) is 6.75. The maximum absolute atomic E-state index is 13.3. The molecule has 1 aromatic carbocycles. The maximum Gasteiger partial charge on any atom is 0.267 e. The highest BCUT2D eigenvalue weighted by molar-refractivity contribution is 7.93. The van der Waals surface area contributed by atoms with Crippen molar-refractivity contribution in [2.45, 2.75) is 18.7 Å². The van der Waals surface area contributed by atoms with Gasteiger partial charge in [-0.15, -0.1) is 21.5 Å². The molecule has 178 valence electrons. The van der Waals surface area contributed by atoms with Crippen LogP contribution in [0.5, 0.6) is 5.75 Å². The number of anilines is 1. The van der Waals surface area contributed by atoms with Crippen molar-refractivity contribution in [2.75, 3.05) is 18.0 Å². The third-order valence-electron chi connectivity index (χ3n) is 4.69. The van der Waals surface area contributed by atoms with Gasteiger partial charge in [0.05, 0.1) is 12.3 Å². The smallest absolute Gasteiger partial charge is 0.267 e. The molecule has 34 heavy (non-hydrogen) atoms. The average molecular weight is 501 g/mol. The Bertz CT molecular complexity index is 1310. The zero-order valence-electron chi connectivity index (χ0n) is 18.8. The van der Waals surface area contributed by atoms with E-state index < -0.39 is 15.9 Å². The number of benzene rings is 1. The van der Waals surface area contributed by atoms with Gasteiger partial charge in [-0.1, -0.05) is 18.7 Å². The molecule has 12 heteroatoms. The van der Waals surface area contributed by atoms with Gasteiger partial charge in [0, 0.05) is 18.3 Å². The van der Waals surface area contributed by atoms with E-state index in [0.717, 1.165) is 15.6 Å². The van der Waals surface area contributed by atoms with Crippen molar-refractivity contribution in [3.63, 3.8) is 0 Å². The van der Waals surface area contributed by atoms with Crippen LogP contribution in [0.1, 0.15) is 29.3 Å². The molecule has 0 atom stereocenters. The zero-order valence-corrected chi connectivity index (χ0v) is 20.5. The normalized spacial score (nSPS) is 12.3. The first-order valence-corrected chi connectivity index (χ1v) is 12.5. The number of rotatable bonds is 10. The maximum atomic E-state index is 13.3. The molecule has 0 aliphatic carbocycles. The predicted octanol–water partition coefficient (Wildman–Crippen LogP) is 3.39. The van der Waals surface area contributed by atoms with Crippen molar-refractivity contribution in [1.82, 2.24) is 25.9 Å². The van der Waals surface area contributed by atoms with E-state index in [4.69, 9.17) is 4.74 Å². The van der Waals surface area contributed by atoms with Crippen LogP contribution in [0.2, 0.25) is 0 Å². The Hall–Kier alpha value is -3.77. The van der Waals surface area contributed by atoms with Gasteiger partial charge in [-0.3, -0.25) is 9.10 Å². The highest BCUT2D eigenvalue weighted by Crippen LogP contribution is 2.29. The summed E-state index contributed by atoms with van der Waals surface area (Å²) in [7, 11) is -2.56. The molecule has 0 radical (unpaired) electrons. The minimum absolute atomic E-state index is 0.0604. The molecule has 0 saturated carbocycles. The summed E-state index contributed by atoms with van der Waals surface area (Å²) in [6.07, 6.45) is 4.80. The fourth-order valence-corrected chi connectivity index (χ4v) is 5.41. The number of aromatic nitrogens is 4. The van der Waals surface area contributed by atoms with Gasteiger partial charge < -0.3 is 10.1 Å². The van der Waals surface area contributed by atoms with Crippen LogP contribution in [0.3, 0.4) is 0 Å². The van der Waals surface area contributed by atoms with Gasteiger partial charge in [-0.05, 0) is 60.8 Å². The third-order valence-corrected chi connectivity index (χ3v) is 7.56. The summed E-state index contributed by atoms with van der Waals surface area (Å²) in [5, 5.41) is 18.0. The van der Waals surface area contributed by atoms with E-state index in [1.165, 1.54) is 19.2 Å². The Morgan fingerprint density at radius 1 is 1.29 bits per heavy atom. The molecule has 0 saturated heterocycles. The van der Waals surface area contributed by atoms with Crippen LogP contribution < -0.4 is 14.4 Å². The number of H-pyrrole nitrogens is 1. The largest absolute Gasteiger partial charge is 0.494 e. The summed E-state index contributed by atoms with van der Waals surface area (Å²) in [6.45, 7) is 7.83. The first-order valence-electron chi connectivity index (χ1n) is 10.2. The topological polar surface area (TPSA) is 130 Å². The molecule has 1 amide bonds. The predicted molar refractivity (Wildman–Crippen MR) is 131 cm³/mol. The Kier molecular flexibility index (Phi) is 7.97. The number of carbonyl (C=O) groups excluding carboxylic acids is 1. The molecule has 0 spiro atoms. The van der Waals surface area contributed by atoms with Crippen LogP contribution in [-0.2, 0) is 10.0 Å². The van der Waals surface area contributed by atoms with Crippen LogP contribution in [0.15, 0.2) is 71.1 Å². The highest BCUT2D eigenvalue weighted by Gasteiger charge is 2.28. The molecule has 3 aromatic rings. The summed E-state index contributed by atoms with van der Waals surface area (Å²) in [5.74, 6) is 0.383. The summed E-state index contributed by atoms with van der Waals surface area (Å²) in [5.41, 5.74) is 1.38. The second kappa shape index (κ2) is 10.9. The Balaban J connectivity index is 1.84. The summed E-state index contributed by atoms with van der Waals surface area (Å²) in [4.78, 5) is 13.0. The van der Waals surface area contributed by atoms with Gasteiger partial charge in [-0.25, -0.2) is 8.42 Å². The number of nitrogens with one attached hydrogen (secondary N) is 2. The summed E-state index contributed by atoms with van der Waals surface area (Å²) >= 11 is 1.04. The van der Waals surface area contributed by atoms with Gasteiger partial charge in [0.15, 0.2) is 0 Å². The van der Waals surface area contributed by atoms with E-state index in [1.807, 2.05) is 6.92 Å². The lowest BCUT2D eigenvalue weighted by Gasteiger charge is -2.20. The lowest BCUT2D eigenvalue weighted by Crippen LogP contribution is -2.29. The second-order valence-corrected chi connectivity index (χ2v) is 9.60. The van der Waals surface area contributed by atoms with Crippen LogP contribution in [0.25, 0.3) is 5.57 Å². The Labute approximate surface area is 201 Å². The van der Waals surface area contributed by atoms with Gasteiger partial charge in [0.25, 0.3) is 15.9 Å². The number of thiophene rings is 1. The zero-order chi connectivity index (χ0) is 24.7. The molecule has 0 aliphatic rings. The van der Waals surface area contributed by atoms with Crippen LogP contribution in [0.4, 0.5) is 5.69 Å². The van der Waals surface area contributed by atoms with E-state index in [2.05, 4.69) is 32.5 Å². The summed E-state index contributed by atoms with van der Waals surface area (Å²) in [6, 6.07) is 8.09. The Morgan fingerprint density at radius 2 is 2.03 bits per heavy atom. The molecular weight excluding hydrogens is 476 g/mol. The molecule has 0 bridgehead atoms. The van der Waals surface area contributed by atoms with Crippen molar-refractivity contribution in [2.24, 2.45) is 0 Å². The van der Waals surface area contributed by atoms with Crippen molar-refractivity contribution in [3.8, 4) is 5.75 Å². The highest BCUT2D eigenvalue weighted by atomic mass is 32.2. The van der Waals surface area contributed by atoms with Gasteiger partial charge in [0.1, 0.15) is 15.5 Å². The number of hydrogen-bond donors (Lipinski definition) is 2. The standard InChI is InChI=1S/C22H24N6O4S2/c1-5-15(21-24-26-27-25-21)14-16(6-2)23-22(29)20-19(12-13-33-20)34(30,31)28(4)17-8-10-18(11-9-17)32-7-3/h5-6,8-14H,1,7H2,2-4H3,(H,23,29)(H,24,25,26,27)/b15-14+,16-6+. The fraction of sp³-hybridized carbons (Fsp3) is 0.182. The van der Waals surface area contributed by atoms with E-state index in [0.29, 0.717) is 35.1 Å². The van der Waals surface area contributed by atoms with E-state index in [1.54, 1.807) is 48.7 Å². The molecule has 2 N–H and O–H groups in total. The number of sulfonamides is 1. The minimum Gasteiger partial charge on any atom is -0.494 e. The van der Waals surface area contributed by atoms with Crippen molar-refractivity contribution in [3.05, 3.63) is 76.9 Å². The van der Waals surface area contributed by atoms with E-state index >= 15 is 0 Å².